The third-order valence-corrected chi connectivity index (χ3v) is 10.3. The van der Waals surface area contributed by atoms with Gasteiger partial charge in [0.25, 0.3) is 5.91 Å². The zero-order valence-corrected chi connectivity index (χ0v) is 25.1. The monoisotopic (exact) mass is 631 g/mol. The van der Waals surface area contributed by atoms with Crippen LogP contribution in [0.3, 0.4) is 0 Å². The zero-order chi connectivity index (χ0) is 31.1. The molecule has 6 rings (SSSR count). The van der Waals surface area contributed by atoms with E-state index in [9.17, 15) is 27.2 Å². The normalized spacial score (nSPS) is 19.4. The van der Waals surface area contributed by atoms with Gasteiger partial charge in [0.15, 0.2) is 5.82 Å². The number of hydrogen-bond acceptors (Lipinski definition) is 8. The quantitative estimate of drug-likeness (QED) is 0.267. The summed E-state index contributed by atoms with van der Waals surface area (Å²) in [4.78, 5) is 15.4. The van der Waals surface area contributed by atoms with Gasteiger partial charge in [0.1, 0.15) is 11.6 Å². The van der Waals surface area contributed by atoms with Crippen molar-refractivity contribution in [2.75, 3.05) is 68.5 Å². The minimum atomic E-state index is -4.22. The van der Waals surface area contributed by atoms with Gasteiger partial charge in [0.2, 0.25) is 10.0 Å². The number of halogens is 2. The summed E-state index contributed by atoms with van der Waals surface area (Å²) in [6.45, 7) is 3.31. The third kappa shape index (κ3) is 6.42. The molecule has 3 aliphatic rings. The SMILES string of the molecule is C[N+]1([O-])CCN(c2ccc(C(=O)Nc3n[nH]c4c3CN(S(=O)(=O)c3cc(F)cc(F)c3)CC4)c(NC3CCOCC3)c2)CC1. The van der Waals surface area contributed by atoms with Gasteiger partial charge < -0.3 is 30.1 Å². The lowest BCUT2D eigenvalue weighted by Gasteiger charge is -2.46. The molecule has 0 spiro atoms. The second-order valence-corrected chi connectivity index (χ2v) is 13.6. The molecule has 3 aromatic rings. The van der Waals surface area contributed by atoms with Crippen LogP contribution in [-0.2, 0) is 27.7 Å². The fourth-order valence-electron chi connectivity index (χ4n) is 5.83. The Labute approximate surface area is 254 Å². The summed E-state index contributed by atoms with van der Waals surface area (Å²) in [5, 5.41) is 25.8. The number of aromatic nitrogens is 2. The largest absolute Gasteiger partial charge is 0.633 e. The highest BCUT2D eigenvalue weighted by atomic mass is 32.2. The van der Waals surface area contributed by atoms with Crippen LogP contribution in [0.1, 0.15) is 34.5 Å². The number of benzene rings is 2. The first-order chi connectivity index (χ1) is 21.0. The Hall–Kier alpha value is -3.63. The molecular weight excluding hydrogens is 596 g/mol. The first kappa shape index (κ1) is 30.4. The number of anilines is 3. The van der Waals surface area contributed by atoms with Crippen LogP contribution >= 0.6 is 0 Å². The molecule has 2 saturated heterocycles. The number of carbonyl (C=O) groups excluding carboxylic acids is 1. The number of hydroxylamine groups is 3. The van der Waals surface area contributed by atoms with Crippen LogP contribution in [0.15, 0.2) is 41.3 Å². The van der Waals surface area contributed by atoms with Crippen molar-refractivity contribution in [3.8, 4) is 0 Å². The molecule has 0 unspecified atom stereocenters. The Morgan fingerprint density at radius 2 is 1.80 bits per heavy atom. The standard InChI is InChI=1S/C29H35F2N7O5S/c1-38(40)10-8-36(9-11-38)22-2-3-24(27(17-22)32-21-5-12-43-13-6-21)29(39)33-28-25-18-37(7-4-26(25)34-35-28)44(41,42)23-15-19(30)14-20(31)16-23/h2-3,14-17,21,32H,4-13,18H2,1H3,(H2,33,34,35,39). The molecule has 0 aliphatic carbocycles. The van der Waals surface area contributed by atoms with Gasteiger partial charge >= 0.3 is 0 Å². The Balaban J connectivity index is 1.24. The Bertz CT molecular complexity index is 1630. The maximum atomic E-state index is 13.8. The minimum Gasteiger partial charge on any atom is -0.633 e. The van der Waals surface area contributed by atoms with Gasteiger partial charge in [-0.15, -0.1) is 0 Å². The Morgan fingerprint density at radius 3 is 2.50 bits per heavy atom. The van der Waals surface area contributed by atoms with E-state index in [4.69, 9.17) is 4.74 Å². The summed E-state index contributed by atoms with van der Waals surface area (Å²) < 4.78 is 60.4. The second kappa shape index (κ2) is 12.0. The average molecular weight is 632 g/mol. The average Bonchev–Trinajstić information content (AvgIpc) is 3.39. The van der Waals surface area contributed by atoms with E-state index >= 15 is 0 Å². The summed E-state index contributed by atoms with van der Waals surface area (Å²) in [5.74, 6) is -2.23. The number of fused-ring (bicyclic) bond motifs is 1. The van der Waals surface area contributed by atoms with E-state index in [0.29, 0.717) is 68.0 Å². The number of likely N-dealkylation sites (N-methyl/N-ethyl adjacent to an activating group) is 1. The fourth-order valence-corrected chi connectivity index (χ4v) is 7.29. The molecule has 1 amide bonds. The highest BCUT2D eigenvalue weighted by molar-refractivity contribution is 7.89. The van der Waals surface area contributed by atoms with E-state index in [1.165, 1.54) is 0 Å². The topological polar surface area (TPSA) is 143 Å². The molecule has 15 heteroatoms. The van der Waals surface area contributed by atoms with Gasteiger partial charge in [-0.05, 0) is 43.2 Å². The van der Waals surface area contributed by atoms with Crippen molar-refractivity contribution in [2.45, 2.75) is 36.7 Å². The van der Waals surface area contributed by atoms with Crippen LogP contribution in [0.2, 0.25) is 0 Å². The molecule has 2 aromatic carbocycles. The predicted octanol–water partition coefficient (Wildman–Crippen LogP) is 3.04. The Kier molecular flexibility index (Phi) is 8.32. The number of amides is 1. The molecule has 0 bridgehead atoms. The first-order valence-electron chi connectivity index (χ1n) is 14.6. The van der Waals surface area contributed by atoms with Crippen molar-refractivity contribution in [2.24, 2.45) is 0 Å². The molecule has 4 heterocycles. The maximum Gasteiger partial charge on any atom is 0.258 e. The lowest BCUT2D eigenvalue weighted by molar-refractivity contribution is -0.861. The van der Waals surface area contributed by atoms with E-state index < -0.39 is 32.5 Å². The van der Waals surface area contributed by atoms with Gasteiger partial charge in [0.05, 0.1) is 43.7 Å². The number of quaternary nitrogens is 1. The molecule has 1 aromatic heterocycles. The predicted molar refractivity (Wildman–Crippen MR) is 160 cm³/mol. The smallest absolute Gasteiger partial charge is 0.258 e. The van der Waals surface area contributed by atoms with E-state index in [1.807, 2.05) is 12.1 Å². The highest BCUT2D eigenvalue weighted by Gasteiger charge is 2.33. The van der Waals surface area contributed by atoms with Crippen molar-refractivity contribution in [3.63, 3.8) is 0 Å². The van der Waals surface area contributed by atoms with Crippen molar-refractivity contribution >= 4 is 33.1 Å². The van der Waals surface area contributed by atoms with E-state index in [0.717, 1.165) is 35.0 Å². The minimum absolute atomic E-state index is 0.0740. The first-order valence-corrected chi connectivity index (χ1v) is 16.0. The molecule has 0 saturated carbocycles. The van der Waals surface area contributed by atoms with E-state index in [1.54, 1.807) is 13.1 Å². The lowest BCUT2D eigenvalue weighted by atomic mass is 10.1. The van der Waals surface area contributed by atoms with Crippen LogP contribution in [0, 0.1) is 16.8 Å². The molecule has 3 N–H and O–H groups in total. The molecule has 0 radical (unpaired) electrons. The van der Waals surface area contributed by atoms with Crippen molar-refractivity contribution in [1.82, 2.24) is 14.5 Å². The summed E-state index contributed by atoms with van der Waals surface area (Å²) in [7, 11) is -2.54. The number of ether oxygens (including phenoxy) is 1. The summed E-state index contributed by atoms with van der Waals surface area (Å²) in [5.41, 5.74) is 3.07. The van der Waals surface area contributed by atoms with Gasteiger partial charge in [-0.25, -0.2) is 17.2 Å². The van der Waals surface area contributed by atoms with Gasteiger partial charge in [-0.2, -0.15) is 9.40 Å². The number of hydrogen-bond donors (Lipinski definition) is 3. The number of nitrogens with zero attached hydrogens (tertiary/aromatic N) is 4. The lowest BCUT2D eigenvalue weighted by Crippen LogP contribution is -2.53. The molecule has 236 valence electrons. The maximum absolute atomic E-state index is 13.8. The number of nitrogens with one attached hydrogen (secondary N) is 3. The molecule has 12 nitrogen and oxygen atoms in total. The number of aromatic amines is 1. The number of piperazine rings is 1. The number of H-pyrrole nitrogens is 1. The van der Waals surface area contributed by atoms with Crippen LogP contribution in [-0.4, -0.2) is 92.5 Å². The molecule has 3 aliphatic heterocycles. The molecule has 0 atom stereocenters. The van der Waals surface area contributed by atoms with Crippen LogP contribution < -0.4 is 15.5 Å². The molecule has 44 heavy (non-hydrogen) atoms. The van der Waals surface area contributed by atoms with Gasteiger partial charge in [-0.1, -0.05) is 0 Å². The van der Waals surface area contributed by atoms with Crippen LogP contribution in [0.5, 0.6) is 0 Å². The third-order valence-electron chi connectivity index (χ3n) is 8.48. The van der Waals surface area contributed by atoms with E-state index in [-0.39, 0.29) is 36.0 Å². The van der Waals surface area contributed by atoms with Gasteiger partial charge in [-0.3, -0.25) is 9.89 Å². The summed E-state index contributed by atoms with van der Waals surface area (Å²) in [6, 6.07) is 7.81. The van der Waals surface area contributed by atoms with Crippen molar-refractivity contribution < 1.29 is 31.4 Å². The molecular formula is C29H35F2N7O5S. The number of rotatable bonds is 7. The number of sulfonamides is 1. The highest BCUT2D eigenvalue weighted by Crippen LogP contribution is 2.31. The zero-order valence-electron chi connectivity index (χ0n) is 24.3. The summed E-state index contributed by atoms with van der Waals surface area (Å²) in [6.07, 6.45) is 1.85. The van der Waals surface area contributed by atoms with E-state index in [2.05, 4.69) is 25.7 Å². The van der Waals surface area contributed by atoms with Crippen LogP contribution in [0.4, 0.5) is 26.0 Å². The summed E-state index contributed by atoms with van der Waals surface area (Å²) >= 11 is 0. The van der Waals surface area contributed by atoms with Crippen molar-refractivity contribution in [1.29, 1.82) is 0 Å². The van der Waals surface area contributed by atoms with Crippen molar-refractivity contribution in [3.05, 3.63) is 70.1 Å². The van der Waals surface area contributed by atoms with Gasteiger partial charge in [0, 0.05) is 67.5 Å². The Morgan fingerprint density at radius 1 is 1.09 bits per heavy atom. The molecule has 2 fully saturated rings. The number of carbonyl (C=O) groups is 1. The second-order valence-electron chi connectivity index (χ2n) is 11.7. The van der Waals surface area contributed by atoms with Crippen LogP contribution in [0.25, 0.3) is 0 Å². The fraction of sp³-hybridized carbons (Fsp3) is 0.448.